The quantitative estimate of drug-likeness (QED) is 0.0397. The largest absolute Gasteiger partial charge is 0.481 e. The highest BCUT2D eigenvalue weighted by molar-refractivity contribution is 5.99. The molecular weight excluding hydrogens is 1060 g/mol. The summed E-state index contributed by atoms with van der Waals surface area (Å²) in [4.78, 5) is 163. The summed E-state index contributed by atoms with van der Waals surface area (Å²) in [5.74, 6) is -14.7. The molecule has 0 aliphatic heterocycles. The Balaban J connectivity index is 2.54. The third-order valence-electron chi connectivity index (χ3n) is 12.9. The molecule has 0 saturated carbocycles. The van der Waals surface area contributed by atoms with Crippen molar-refractivity contribution in [2.24, 2.45) is 35.1 Å². The Morgan fingerprint density at radius 3 is 1.40 bits per heavy atom. The van der Waals surface area contributed by atoms with E-state index in [0.717, 1.165) is 0 Å². The molecule has 27 heteroatoms. The summed E-state index contributed by atoms with van der Waals surface area (Å²) in [7, 11) is 0. The van der Waals surface area contributed by atoms with Crippen molar-refractivity contribution in [3.63, 3.8) is 0 Å². The molecule has 1 heterocycles. The van der Waals surface area contributed by atoms with E-state index in [1.807, 2.05) is 13.8 Å². The van der Waals surface area contributed by atoms with Gasteiger partial charge in [0.15, 0.2) is 0 Å². The molecular formula is C54H85N11O16. The van der Waals surface area contributed by atoms with Gasteiger partial charge < -0.3 is 79.4 Å². The molecule has 81 heavy (non-hydrogen) atoms. The maximum absolute atomic E-state index is 14.5. The van der Waals surface area contributed by atoms with Crippen molar-refractivity contribution >= 4 is 82.0 Å². The van der Waals surface area contributed by atoms with Gasteiger partial charge in [0.1, 0.15) is 48.3 Å². The zero-order valence-electron chi connectivity index (χ0n) is 47.4. The molecule has 2 rings (SSSR count). The monoisotopic (exact) mass is 1140 g/mol. The van der Waals surface area contributed by atoms with Crippen molar-refractivity contribution in [1.29, 1.82) is 0 Å². The third kappa shape index (κ3) is 25.1. The van der Waals surface area contributed by atoms with Crippen molar-refractivity contribution in [2.75, 3.05) is 6.54 Å². The van der Waals surface area contributed by atoms with E-state index >= 15 is 0 Å². The Morgan fingerprint density at radius 2 is 0.914 bits per heavy atom. The number of hydrogen-bond donors (Lipinski definition) is 15. The first-order valence-corrected chi connectivity index (χ1v) is 27.3. The highest BCUT2D eigenvalue weighted by atomic mass is 16.4. The van der Waals surface area contributed by atoms with Crippen LogP contribution in [0.3, 0.4) is 0 Å². The van der Waals surface area contributed by atoms with Gasteiger partial charge in [0.05, 0.1) is 12.5 Å². The zero-order chi connectivity index (χ0) is 61.3. The molecule has 0 radical (unpaired) electrons. The van der Waals surface area contributed by atoms with Gasteiger partial charge in [-0.2, -0.15) is 0 Å². The highest BCUT2D eigenvalue weighted by Crippen LogP contribution is 2.20. The van der Waals surface area contributed by atoms with Crippen molar-refractivity contribution in [3.8, 4) is 0 Å². The van der Waals surface area contributed by atoms with E-state index in [9.17, 15) is 78.0 Å². The van der Waals surface area contributed by atoms with Gasteiger partial charge in [0.2, 0.25) is 47.3 Å². The third-order valence-corrected chi connectivity index (χ3v) is 12.9. The minimum absolute atomic E-state index is 0.0175. The fraction of sp³-hybridized carbons (Fsp3) is 0.630. The molecule has 9 atom stereocenters. The summed E-state index contributed by atoms with van der Waals surface area (Å²) in [6, 6.07) is -6.44. The normalized spacial score (nSPS) is 14.7. The lowest BCUT2D eigenvalue weighted by Crippen LogP contribution is -2.61. The van der Waals surface area contributed by atoms with Gasteiger partial charge in [-0.25, -0.2) is 4.79 Å². The number of carbonyl (C=O) groups excluding carboxylic acids is 8. The number of hydrogen-bond acceptors (Lipinski definition) is 14. The SMILES string of the molecule is CC(C)C[C@H](NC(=O)[C@H](CCCCN)NC(=O)[C@H](CC(C)C)NC(=O)[C@H](CC(=O)O)NC(=O)[C@H](CCC(=O)O)NC(=O)[C@H](CCC(=O)O)NC(=O)[C@H](Cc1c[nH]c2ccccc12)NC(=O)[C@@H](NC(=O)[C@@H](N)CC(C)C)C(C)C)C(=O)O. The molecule has 8 amide bonds. The molecule has 0 unspecified atom stereocenters. The van der Waals surface area contributed by atoms with Crippen molar-refractivity contribution in [2.45, 2.75) is 187 Å². The lowest BCUT2D eigenvalue weighted by Gasteiger charge is -2.28. The number of nitrogens with one attached hydrogen (secondary N) is 9. The van der Waals surface area contributed by atoms with Gasteiger partial charge in [0, 0.05) is 36.4 Å². The predicted octanol–water partition coefficient (Wildman–Crippen LogP) is 0.128. The minimum atomic E-state index is -2.00. The summed E-state index contributed by atoms with van der Waals surface area (Å²) in [5.41, 5.74) is 13.0. The molecule has 0 spiro atoms. The van der Waals surface area contributed by atoms with Crippen LogP contribution in [0.4, 0.5) is 0 Å². The van der Waals surface area contributed by atoms with Gasteiger partial charge in [0.25, 0.3) is 0 Å². The Kier molecular flexibility index (Phi) is 29.5. The van der Waals surface area contributed by atoms with Crippen LogP contribution in [0.2, 0.25) is 0 Å². The summed E-state index contributed by atoms with van der Waals surface area (Å²) in [6.45, 7) is 14.2. The standard InChI is InChI=1S/C54H85N11O16/c1-27(2)21-33(56)46(72)65-45(30(7)8)53(79)63-39(24-31-26-57-34-14-10-9-13-32(31)34)51(77)60-36(16-18-42(66)67)48(74)59-37(17-19-43(68)69)49(75)62-40(25-44(70)71)52(78)61-38(22-28(3)4)50(76)58-35(15-11-12-20-55)47(73)64-41(54(80)81)23-29(5)6/h9-10,13-14,26-30,33,35-41,45,57H,11-12,15-25,55-56H2,1-8H3,(H,58,76)(H,59,74)(H,60,77)(H,61,78)(H,62,75)(H,63,79)(H,64,73)(H,65,72)(H,66,67)(H,68,69)(H,70,71)(H,80,81)/t33-,35-,36-,37-,38-,39-,40-,41-,45-/m0/s1. The first kappa shape index (κ1) is 69.4. The number of carboxylic acids is 4. The molecule has 1 aromatic heterocycles. The molecule has 1 aromatic carbocycles. The van der Waals surface area contributed by atoms with Crippen molar-refractivity contribution in [1.82, 2.24) is 47.5 Å². The summed E-state index contributed by atoms with van der Waals surface area (Å²) in [5, 5.41) is 59.3. The van der Waals surface area contributed by atoms with Crippen LogP contribution in [0.15, 0.2) is 30.5 Å². The second-order valence-corrected chi connectivity index (χ2v) is 21.8. The molecule has 0 aliphatic carbocycles. The molecule has 2 aromatic rings. The van der Waals surface area contributed by atoms with E-state index in [0.29, 0.717) is 35.7 Å². The Morgan fingerprint density at radius 1 is 0.481 bits per heavy atom. The number of benzene rings is 1. The average molecular weight is 1140 g/mol. The lowest BCUT2D eigenvalue weighted by atomic mass is 9.99. The number of carbonyl (C=O) groups is 12. The maximum atomic E-state index is 14.5. The topological polar surface area (TPSA) is 450 Å². The molecule has 452 valence electrons. The van der Waals surface area contributed by atoms with Gasteiger partial charge in [-0.05, 0) is 93.2 Å². The first-order chi connectivity index (χ1) is 37.9. The minimum Gasteiger partial charge on any atom is -0.481 e. The fourth-order valence-electron chi connectivity index (χ4n) is 8.65. The zero-order valence-corrected chi connectivity index (χ0v) is 47.4. The number of unbranched alkanes of at least 4 members (excludes halogenated alkanes) is 1. The molecule has 27 nitrogen and oxygen atoms in total. The Bertz CT molecular complexity index is 2500. The van der Waals surface area contributed by atoms with E-state index in [-0.39, 0.29) is 50.0 Å². The number of nitrogens with two attached hydrogens (primary N) is 2. The van der Waals surface area contributed by atoms with Crippen LogP contribution in [0.25, 0.3) is 10.9 Å². The number of amides is 8. The van der Waals surface area contributed by atoms with E-state index in [1.165, 1.54) is 0 Å². The number of H-pyrrole nitrogens is 1. The summed E-state index contributed by atoms with van der Waals surface area (Å²) in [6.07, 6.45) is -1.52. The highest BCUT2D eigenvalue weighted by Gasteiger charge is 2.37. The number of para-hydroxylation sites is 1. The van der Waals surface area contributed by atoms with Crippen molar-refractivity contribution in [3.05, 3.63) is 36.0 Å². The van der Waals surface area contributed by atoms with Crippen LogP contribution in [0.1, 0.15) is 132 Å². The van der Waals surface area contributed by atoms with Crippen LogP contribution in [0.5, 0.6) is 0 Å². The number of carboxylic acid groups (broad SMARTS) is 4. The molecule has 17 N–H and O–H groups in total. The predicted molar refractivity (Wildman–Crippen MR) is 295 cm³/mol. The van der Waals surface area contributed by atoms with Crippen LogP contribution in [-0.2, 0) is 64.0 Å². The maximum Gasteiger partial charge on any atom is 0.326 e. The Labute approximate surface area is 470 Å². The first-order valence-electron chi connectivity index (χ1n) is 27.3. The smallest absolute Gasteiger partial charge is 0.326 e. The van der Waals surface area contributed by atoms with Crippen LogP contribution < -0.4 is 54.0 Å². The number of aliphatic carboxylic acids is 4. The van der Waals surface area contributed by atoms with Gasteiger partial charge in [-0.15, -0.1) is 0 Å². The van der Waals surface area contributed by atoms with Crippen molar-refractivity contribution < 1.29 is 78.0 Å². The van der Waals surface area contributed by atoms with E-state index in [4.69, 9.17) is 11.5 Å². The van der Waals surface area contributed by atoms with Gasteiger partial charge in [-0.1, -0.05) is 73.6 Å². The number of fused-ring (bicyclic) bond motifs is 1. The van der Waals surface area contributed by atoms with Gasteiger partial charge >= 0.3 is 23.9 Å². The van der Waals surface area contributed by atoms with Crippen LogP contribution in [0, 0.1) is 23.7 Å². The Hall–Kier alpha value is -7.68. The van der Waals surface area contributed by atoms with E-state index in [1.54, 1.807) is 72.0 Å². The van der Waals surface area contributed by atoms with Crippen LogP contribution in [-0.4, -0.2) is 157 Å². The summed E-state index contributed by atoms with van der Waals surface area (Å²) >= 11 is 0. The molecule has 0 fully saturated rings. The second kappa shape index (κ2) is 34.5. The molecule has 0 saturated heterocycles. The fourth-order valence-corrected chi connectivity index (χ4v) is 8.65. The van der Waals surface area contributed by atoms with E-state index < -0.39 is 164 Å². The number of rotatable bonds is 38. The average Bonchev–Trinajstić information content (AvgIpc) is 3.79. The molecule has 0 bridgehead atoms. The lowest BCUT2D eigenvalue weighted by molar-refractivity contribution is -0.143. The molecule has 0 aliphatic rings. The summed E-state index contributed by atoms with van der Waals surface area (Å²) < 4.78 is 0. The number of aromatic nitrogens is 1. The van der Waals surface area contributed by atoms with Gasteiger partial charge in [-0.3, -0.25) is 52.7 Å². The number of aromatic amines is 1. The van der Waals surface area contributed by atoms with E-state index in [2.05, 4.69) is 47.5 Å². The second-order valence-electron chi connectivity index (χ2n) is 21.8. The van der Waals surface area contributed by atoms with Crippen LogP contribution >= 0.6 is 0 Å².